The van der Waals surface area contributed by atoms with Crippen LogP contribution in [-0.2, 0) is 0 Å². The van der Waals surface area contributed by atoms with Gasteiger partial charge in [-0.1, -0.05) is 48.5 Å². The third-order valence-electron chi connectivity index (χ3n) is 6.54. The lowest BCUT2D eigenvalue weighted by atomic mass is 9.92. The lowest BCUT2D eigenvalue weighted by Gasteiger charge is -2.47. The number of piperazine rings is 1. The van der Waals surface area contributed by atoms with E-state index in [9.17, 15) is 9.90 Å². The molecule has 1 amide bonds. The summed E-state index contributed by atoms with van der Waals surface area (Å²) < 4.78 is 0. The van der Waals surface area contributed by atoms with Gasteiger partial charge in [-0.2, -0.15) is 0 Å². The van der Waals surface area contributed by atoms with E-state index < -0.39 is 0 Å². The molecule has 4 rings (SSSR count). The summed E-state index contributed by atoms with van der Waals surface area (Å²) in [5.74, 6) is 0.103. The molecule has 3 aromatic carbocycles. The van der Waals surface area contributed by atoms with Crippen molar-refractivity contribution in [1.82, 2.24) is 9.80 Å². The van der Waals surface area contributed by atoms with Crippen LogP contribution >= 0.6 is 0 Å². The van der Waals surface area contributed by atoms with Gasteiger partial charge >= 0.3 is 0 Å². The number of nitrogens with one attached hydrogen (secondary N) is 1. The number of carbonyl (C=O) groups excluding carboxylic acids is 1. The highest BCUT2D eigenvalue weighted by molar-refractivity contribution is 6.04. The maximum Gasteiger partial charge on any atom is 0.255 e. The van der Waals surface area contributed by atoms with Gasteiger partial charge in [-0.05, 0) is 61.4 Å². The van der Waals surface area contributed by atoms with Crippen molar-refractivity contribution in [3.05, 3.63) is 108 Å². The molecule has 1 saturated heterocycles. The first-order valence-electron chi connectivity index (χ1n) is 11.8. The minimum absolute atomic E-state index is 0.0834. The van der Waals surface area contributed by atoms with E-state index in [-0.39, 0.29) is 23.7 Å². The molecular formula is C29H33N3O2. The molecule has 1 heterocycles. The Kier molecular flexibility index (Phi) is 7.46. The number of anilines is 1. The highest BCUT2D eigenvalue weighted by atomic mass is 16.3. The number of hydrogen-bond acceptors (Lipinski definition) is 4. The number of aromatic hydroxyl groups is 1. The number of nitrogens with zero attached hydrogens (tertiary/aromatic N) is 2. The zero-order chi connectivity index (χ0) is 24.1. The van der Waals surface area contributed by atoms with Gasteiger partial charge in [-0.25, -0.2) is 0 Å². The van der Waals surface area contributed by atoms with Crippen LogP contribution in [0.4, 0.5) is 5.69 Å². The summed E-state index contributed by atoms with van der Waals surface area (Å²) in [5.41, 5.74) is 3.42. The molecule has 0 aliphatic carbocycles. The van der Waals surface area contributed by atoms with E-state index in [0.717, 1.165) is 36.4 Å². The highest BCUT2D eigenvalue weighted by Crippen LogP contribution is 2.35. The Labute approximate surface area is 202 Å². The molecule has 5 heteroatoms. The molecule has 0 aromatic heterocycles. The zero-order valence-corrected chi connectivity index (χ0v) is 19.9. The normalized spacial score (nSPS) is 19.9. The molecule has 3 aromatic rings. The second-order valence-corrected chi connectivity index (χ2v) is 9.08. The van der Waals surface area contributed by atoms with Gasteiger partial charge in [0.15, 0.2) is 0 Å². The van der Waals surface area contributed by atoms with Crippen molar-refractivity contribution >= 4 is 11.6 Å². The number of rotatable bonds is 7. The Balaban J connectivity index is 1.68. The molecule has 0 saturated carbocycles. The van der Waals surface area contributed by atoms with E-state index >= 15 is 0 Å². The van der Waals surface area contributed by atoms with E-state index in [2.05, 4.69) is 47.7 Å². The van der Waals surface area contributed by atoms with Crippen LogP contribution in [0, 0.1) is 0 Å². The smallest absolute Gasteiger partial charge is 0.255 e. The molecule has 176 valence electrons. The molecule has 1 aliphatic heterocycles. The van der Waals surface area contributed by atoms with Crippen molar-refractivity contribution in [3.8, 4) is 5.75 Å². The molecule has 0 unspecified atom stereocenters. The number of para-hydroxylation sites is 1. The van der Waals surface area contributed by atoms with Crippen LogP contribution in [0.2, 0.25) is 0 Å². The van der Waals surface area contributed by atoms with Gasteiger partial charge in [0, 0.05) is 43.0 Å². The van der Waals surface area contributed by atoms with Gasteiger partial charge < -0.3 is 10.4 Å². The first-order valence-corrected chi connectivity index (χ1v) is 11.8. The van der Waals surface area contributed by atoms with Gasteiger partial charge in [0.25, 0.3) is 5.91 Å². The van der Waals surface area contributed by atoms with Crippen LogP contribution in [0.15, 0.2) is 91.5 Å². The van der Waals surface area contributed by atoms with Crippen molar-refractivity contribution in [2.75, 3.05) is 25.0 Å². The number of hydrogen-bond donors (Lipinski definition) is 2. The second-order valence-electron chi connectivity index (χ2n) is 9.08. The fourth-order valence-electron chi connectivity index (χ4n) is 4.85. The molecule has 0 radical (unpaired) electrons. The van der Waals surface area contributed by atoms with Crippen LogP contribution in [0.25, 0.3) is 0 Å². The maximum absolute atomic E-state index is 13.0. The molecule has 5 nitrogen and oxygen atoms in total. The Hall–Kier alpha value is -3.41. The third-order valence-corrected chi connectivity index (χ3v) is 6.54. The standard InChI is InChI=1S/C29H33N3O2/c1-4-16-31-19-22(3)32(20-21(31)2)28(24-11-9-15-27(33)18-24)23-10-8-12-25(17-23)29(34)30-26-13-6-5-7-14-26/h4-15,17-18,21-22,28,33H,1,16,19-20H2,2-3H3,(H,30,34)/t21-,22+,28-/m1/s1. The van der Waals surface area contributed by atoms with Crippen LogP contribution in [0.3, 0.4) is 0 Å². The summed E-state index contributed by atoms with van der Waals surface area (Å²) >= 11 is 0. The largest absolute Gasteiger partial charge is 0.508 e. The average molecular weight is 456 g/mol. The molecule has 1 fully saturated rings. The van der Waals surface area contributed by atoms with Crippen LogP contribution in [-0.4, -0.2) is 52.5 Å². The third kappa shape index (κ3) is 5.38. The first kappa shape index (κ1) is 23.7. The summed E-state index contributed by atoms with van der Waals surface area (Å²) in [7, 11) is 0. The summed E-state index contributed by atoms with van der Waals surface area (Å²) in [4.78, 5) is 17.9. The van der Waals surface area contributed by atoms with Crippen molar-refractivity contribution in [1.29, 1.82) is 0 Å². The molecule has 3 atom stereocenters. The van der Waals surface area contributed by atoms with Crippen LogP contribution in [0.1, 0.15) is 41.4 Å². The SMILES string of the molecule is C=CCN1C[C@H](C)N([C@@H](c2cccc(O)c2)c2cccc(C(=O)Nc3ccccc3)c2)C[C@H]1C. The maximum atomic E-state index is 13.0. The topological polar surface area (TPSA) is 55.8 Å². The monoisotopic (exact) mass is 455 g/mol. The van der Waals surface area contributed by atoms with Crippen molar-refractivity contribution in [3.63, 3.8) is 0 Å². The second kappa shape index (κ2) is 10.7. The number of phenolic OH excluding ortho intramolecular Hbond substituents is 1. The van der Waals surface area contributed by atoms with Gasteiger partial charge in [-0.15, -0.1) is 6.58 Å². The van der Waals surface area contributed by atoms with Crippen LogP contribution in [0.5, 0.6) is 5.75 Å². The fraction of sp³-hybridized carbons (Fsp3) is 0.276. The van der Waals surface area contributed by atoms with E-state index in [1.165, 1.54) is 0 Å². The minimum atomic E-state index is -0.139. The minimum Gasteiger partial charge on any atom is -0.508 e. The van der Waals surface area contributed by atoms with Crippen molar-refractivity contribution in [2.24, 2.45) is 0 Å². The lowest BCUT2D eigenvalue weighted by Crippen LogP contribution is -2.57. The quantitative estimate of drug-likeness (QED) is 0.474. The van der Waals surface area contributed by atoms with Crippen LogP contribution < -0.4 is 5.32 Å². The van der Waals surface area contributed by atoms with E-state index in [0.29, 0.717) is 11.6 Å². The van der Waals surface area contributed by atoms with E-state index in [4.69, 9.17) is 0 Å². The predicted octanol–water partition coefficient (Wildman–Crippen LogP) is 5.31. The lowest BCUT2D eigenvalue weighted by molar-refractivity contribution is 0.0306. The van der Waals surface area contributed by atoms with Gasteiger partial charge in [-0.3, -0.25) is 14.6 Å². The molecule has 2 N–H and O–H groups in total. The molecule has 0 bridgehead atoms. The number of phenols is 1. The van der Waals surface area contributed by atoms with Crippen molar-refractivity contribution in [2.45, 2.75) is 32.0 Å². The summed E-state index contributed by atoms with van der Waals surface area (Å²) in [5, 5.41) is 13.2. The summed E-state index contributed by atoms with van der Waals surface area (Å²) in [6.07, 6.45) is 1.96. The summed E-state index contributed by atoms with van der Waals surface area (Å²) in [6.45, 7) is 11.1. The van der Waals surface area contributed by atoms with Gasteiger partial charge in [0.1, 0.15) is 5.75 Å². The molecular weight excluding hydrogens is 422 g/mol. The Morgan fingerprint density at radius 2 is 1.71 bits per heavy atom. The number of carbonyl (C=O) groups is 1. The first-order chi connectivity index (χ1) is 16.5. The Morgan fingerprint density at radius 1 is 1.00 bits per heavy atom. The predicted molar refractivity (Wildman–Crippen MR) is 138 cm³/mol. The fourth-order valence-corrected chi connectivity index (χ4v) is 4.85. The molecule has 0 spiro atoms. The highest BCUT2D eigenvalue weighted by Gasteiger charge is 2.34. The van der Waals surface area contributed by atoms with E-state index in [1.54, 1.807) is 6.07 Å². The molecule has 1 aliphatic rings. The Bertz CT molecular complexity index is 1130. The number of benzene rings is 3. The van der Waals surface area contributed by atoms with Gasteiger partial charge in [0.2, 0.25) is 0 Å². The van der Waals surface area contributed by atoms with Gasteiger partial charge in [0.05, 0.1) is 6.04 Å². The Morgan fingerprint density at radius 3 is 2.41 bits per heavy atom. The molecule has 34 heavy (non-hydrogen) atoms. The average Bonchev–Trinajstić information content (AvgIpc) is 2.83. The van der Waals surface area contributed by atoms with Crippen molar-refractivity contribution < 1.29 is 9.90 Å². The zero-order valence-electron chi connectivity index (χ0n) is 19.9. The van der Waals surface area contributed by atoms with E-state index in [1.807, 2.05) is 66.7 Å². The number of amides is 1. The summed E-state index contributed by atoms with van der Waals surface area (Å²) in [6, 6.07) is 25.3.